The van der Waals surface area contributed by atoms with Crippen molar-refractivity contribution < 1.29 is 15.2 Å². The van der Waals surface area contributed by atoms with Gasteiger partial charge in [0, 0.05) is 20.9 Å². The van der Waals surface area contributed by atoms with Gasteiger partial charge in [-0.1, -0.05) is 0 Å². The van der Waals surface area contributed by atoms with Crippen LogP contribution in [-0.4, -0.2) is 22.3 Å². The van der Waals surface area contributed by atoms with Crippen molar-refractivity contribution in [3.8, 4) is 5.75 Å². The average Bonchev–Trinajstić information content (AvgIpc) is 2.46. The Balaban J connectivity index is 2.74. The highest BCUT2D eigenvalue weighted by molar-refractivity contribution is 7.17. The number of anilines is 1. The Bertz CT molecular complexity index is 483. The maximum atomic E-state index is 9.43. The van der Waals surface area contributed by atoms with Gasteiger partial charge in [0.15, 0.2) is 0 Å². The predicted molar refractivity (Wildman–Crippen MR) is 57.7 cm³/mol. The number of thiophene rings is 1. The summed E-state index contributed by atoms with van der Waals surface area (Å²) in [4.78, 5) is 0. The van der Waals surface area contributed by atoms with Crippen molar-refractivity contribution in [3.63, 3.8) is 0 Å². The van der Waals surface area contributed by atoms with Crippen molar-refractivity contribution in [2.75, 3.05) is 5.73 Å². The van der Waals surface area contributed by atoms with Crippen molar-refractivity contribution in [2.24, 2.45) is 0 Å². The van der Waals surface area contributed by atoms with E-state index in [9.17, 15) is 5.11 Å². The van der Waals surface area contributed by atoms with Gasteiger partial charge < -0.3 is 20.9 Å². The third kappa shape index (κ3) is 1.33. The maximum Gasteiger partial charge on any atom is 0.492 e. The zero-order valence-corrected chi connectivity index (χ0v) is 7.95. The Hall–Kier alpha value is -1.24. The normalized spacial score (nSPS) is 10.7. The molecule has 0 aliphatic rings. The average molecular weight is 209 g/mol. The molecule has 14 heavy (non-hydrogen) atoms. The predicted octanol–water partition coefficient (Wildman–Crippen LogP) is -0.131. The van der Waals surface area contributed by atoms with Crippen LogP contribution in [0.25, 0.3) is 10.1 Å². The number of benzene rings is 1. The summed E-state index contributed by atoms with van der Waals surface area (Å²) in [6.07, 6.45) is 0. The Labute approximate surface area is 84.4 Å². The summed E-state index contributed by atoms with van der Waals surface area (Å²) in [6, 6.07) is 2.96. The van der Waals surface area contributed by atoms with Crippen molar-refractivity contribution in [3.05, 3.63) is 17.5 Å². The molecular weight excluding hydrogens is 201 g/mol. The molecule has 1 heterocycles. The minimum Gasteiger partial charge on any atom is -0.508 e. The molecule has 1 aromatic carbocycles. The zero-order valence-electron chi connectivity index (χ0n) is 7.14. The molecule has 6 heteroatoms. The van der Waals surface area contributed by atoms with E-state index in [-0.39, 0.29) is 11.2 Å². The van der Waals surface area contributed by atoms with Gasteiger partial charge in [-0.2, -0.15) is 0 Å². The lowest BCUT2D eigenvalue weighted by Gasteiger charge is -2.03. The van der Waals surface area contributed by atoms with Gasteiger partial charge in [-0.05, 0) is 12.1 Å². The number of nitrogens with two attached hydrogens (primary N) is 1. The van der Waals surface area contributed by atoms with Crippen molar-refractivity contribution >= 4 is 39.7 Å². The Morgan fingerprint density at radius 2 is 2.00 bits per heavy atom. The monoisotopic (exact) mass is 209 g/mol. The van der Waals surface area contributed by atoms with Gasteiger partial charge in [-0.3, -0.25) is 0 Å². The number of rotatable bonds is 1. The fourth-order valence-corrected chi connectivity index (χ4v) is 2.17. The largest absolute Gasteiger partial charge is 0.508 e. The molecule has 4 nitrogen and oxygen atoms in total. The third-order valence-electron chi connectivity index (χ3n) is 2.03. The highest BCUT2D eigenvalue weighted by atomic mass is 32.1. The van der Waals surface area contributed by atoms with E-state index >= 15 is 0 Å². The van der Waals surface area contributed by atoms with E-state index in [0.717, 1.165) is 10.1 Å². The SMILES string of the molecule is Nc1csc2cc(O)c(B(O)O)cc12. The van der Waals surface area contributed by atoms with Crippen LogP contribution in [0.4, 0.5) is 5.69 Å². The molecular formula is C8H8BNO3S. The lowest BCUT2D eigenvalue weighted by Crippen LogP contribution is -2.29. The molecule has 0 spiro atoms. The fourth-order valence-electron chi connectivity index (χ4n) is 1.31. The van der Waals surface area contributed by atoms with Gasteiger partial charge >= 0.3 is 7.12 Å². The third-order valence-corrected chi connectivity index (χ3v) is 2.99. The molecule has 0 atom stereocenters. The molecule has 0 saturated heterocycles. The van der Waals surface area contributed by atoms with E-state index in [2.05, 4.69) is 0 Å². The number of nitrogen functional groups attached to an aromatic ring is 1. The second kappa shape index (κ2) is 3.16. The van der Waals surface area contributed by atoms with E-state index in [0.29, 0.717) is 5.69 Å². The number of hydrogen-bond donors (Lipinski definition) is 4. The number of phenols is 1. The summed E-state index contributed by atoms with van der Waals surface area (Å²) in [5.41, 5.74) is 6.31. The summed E-state index contributed by atoms with van der Waals surface area (Å²) in [7, 11) is -1.68. The highest BCUT2D eigenvalue weighted by Crippen LogP contribution is 2.29. The second-order valence-corrected chi connectivity index (χ2v) is 3.88. The smallest absolute Gasteiger partial charge is 0.492 e. The summed E-state index contributed by atoms with van der Waals surface area (Å²) in [5, 5.41) is 29.8. The Morgan fingerprint density at radius 3 is 2.64 bits per heavy atom. The van der Waals surface area contributed by atoms with E-state index in [1.165, 1.54) is 23.5 Å². The second-order valence-electron chi connectivity index (χ2n) is 2.97. The first-order valence-electron chi connectivity index (χ1n) is 3.95. The summed E-state index contributed by atoms with van der Waals surface area (Å²) < 4.78 is 0.824. The molecule has 5 N–H and O–H groups in total. The fraction of sp³-hybridized carbons (Fsp3) is 0. The first-order valence-corrected chi connectivity index (χ1v) is 4.83. The molecule has 0 aliphatic carbocycles. The zero-order chi connectivity index (χ0) is 10.3. The van der Waals surface area contributed by atoms with Crippen molar-refractivity contribution in [1.29, 1.82) is 0 Å². The van der Waals surface area contributed by atoms with Gasteiger partial charge in [0.05, 0.1) is 5.69 Å². The molecule has 0 radical (unpaired) electrons. The van der Waals surface area contributed by atoms with Gasteiger partial charge in [0.25, 0.3) is 0 Å². The lowest BCUT2D eigenvalue weighted by atomic mass is 9.79. The van der Waals surface area contributed by atoms with Gasteiger partial charge in [0.2, 0.25) is 0 Å². The minimum absolute atomic E-state index is 0.0719. The molecule has 0 aliphatic heterocycles. The molecule has 0 amide bonds. The summed E-state index contributed by atoms with van der Waals surface area (Å²) in [6.45, 7) is 0. The summed E-state index contributed by atoms with van der Waals surface area (Å²) >= 11 is 1.40. The number of phenolic OH excluding ortho intramolecular Hbond substituents is 1. The quantitative estimate of drug-likeness (QED) is 0.492. The van der Waals surface area contributed by atoms with Crippen molar-refractivity contribution in [1.82, 2.24) is 0 Å². The molecule has 0 fully saturated rings. The van der Waals surface area contributed by atoms with Gasteiger partial charge in [-0.15, -0.1) is 11.3 Å². The minimum atomic E-state index is -1.68. The van der Waals surface area contributed by atoms with E-state index in [4.69, 9.17) is 15.8 Å². The molecule has 2 rings (SSSR count). The first-order chi connectivity index (χ1) is 6.59. The van der Waals surface area contributed by atoms with Crippen LogP contribution in [0.2, 0.25) is 0 Å². The highest BCUT2D eigenvalue weighted by Gasteiger charge is 2.17. The van der Waals surface area contributed by atoms with Crippen LogP contribution < -0.4 is 11.2 Å². The number of aromatic hydroxyl groups is 1. The molecule has 1 aromatic heterocycles. The first kappa shape index (κ1) is 9.33. The lowest BCUT2D eigenvalue weighted by molar-refractivity contribution is 0.420. The van der Waals surface area contributed by atoms with Crippen LogP contribution in [0, 0.1) is 0 Å². The molecule has 0 bridgehead atoms. The number of hydrogen-bond acceptors (Lipinski definition) is 5. The Morgan fingerprint density at radius 1 is 1.29 bits per heavy atom. The molecule has 0 saturated carbocycles. The van der Waals surface area contributed by atoms with E-state index < -0.39 is 7.12 Å². The standard InChI is InChI=1S/C8H8BNO3S/c10-6-3-14-8-2-7(11)5(9(12)13)1-4(6)8/h1-3,11-13H,10H2. The van der Waals surface area contributed by atoms with Crippen LogP contribution in [0.15, 0.2) is 17.5 Å². The molecule has 2 aromatic rings. The Kier molecular flexibility index (Phi) is 2.11. The molecule has 72 valence electrons. The van der Waals surface area contributed by atoms with Crippen LogP contribution in [0.5, 0.6) is 5.75 Å². The number of fused-ring (bicyclic) bond motifs is 1. The van der Waals surface area contributed by atoms with Crippen LogP contribution >= 0.6 is 11.3 Å². The molecule has 0 unspecified atom stereocenters. The maximum absolute atomic E-state index is 9.43. The van der Waals surface area contributed by atoms with E-state index in [1.54, 1.807) is 5.38 Å². The van der Waals surface area contributed by atoms with E-state index in [1.807, 2.05) is 0 Å². The van der Waals surface area contributed by atoms with Gasteiger partial charge in [0.1, 0.15) is 5.75 Å². The van der Waals surface area contributed by atoms with Crippen LogP contribution in [0.1, 0.15) is 0 Å². The van der Waals surface area contributed by atoms with Crippen LogP contribution in [0.3, 0.4) is 0 Å². The summed E-state index contributed by atoms with van der Waals surface area (Å²) in [5.74, 6) is -0.130. The van der Waals surface area contributed by atoms with Gasteiger partial charge in [-0.25, -0.2) is 0 Å². The topological polar surface area (TPSA) is 86.7 Å². The van der Waals surface area contributed by atoms with Crippen molar-refractivity contribution in [2.45, 2.75) is 0 Å². The van der Waals surface area contributed by atoms with Crippen LogP contribution in [-0.2, 0) is 0 Å².